The number of likely N-dealkylation sites (tertiary alicyclic amines) is 1. The number of nitrogens with zero attached hydrogens (tertiary/aromatic N) is 2. The number of carbonyl (C=O) groups is 1. The first-order valence-corrected chi connectivity index (χ1v) is 7.02. The van der Waals surface area contributed by atoms with Gasteiger partial charge in [-0.05, 0) is 44.8 Å². The van der Waals surface area contributed by atoms with Crippen LogP contribution in [0.4, 0.5) is 0 Å². The van der Waals surface area contributed by atoms with Crippen LogP contribution in [0.1, 0.15) is 40.0 Å². The molecule has 0 aromatic heterocycles. The van der Waals surface area contributed by atoms with E-state index in [1.165, 1.54) is 38.9 Å². The summed E-state index contributed by atoms with van der Waals surface area (Å²) in [6.07, 6.45) is 3.74. The quantitative estimate of drug-likeness (QED) is 0.735. The lowest BCUT2D eigenvalue weighted by Crippen LogP contribution is -2.40. The lowest BCUT2D eigenvalue weighted by Gasteiger charge is -2.34. The largest absolute Gasteiger partial charge is 0.345 e. The third-order valence-corrected chi connectivity index (χ3v) is 3.65. The summed E-state index contributed by atoms with van der Waals surface area (Å²) in [6.45, 7) is 10.8. The maximum absolute atomic E-state index is 11.8. The van der Waals surface area contributed by atoms with Crippen molar-refractivity contribution in [3.63, 3.8) is 0 Å². The van der Waals surface area contributed by atoms with E-state index in [0.717, 1.165) is 6.54 Å². The molecule has 0 saturated carbocycles. The maximum Gasteiger partial charge on any atom is 0.224 e. The summed E-state index contributed by atoms with van der Waals surface area (Å²) in [5, 5.41) is 0. The van der Waals surface area contributed by atoms with E-state index in [1.807, 2.05) is 25.8 Å². The van der Waals surface area contributed by atoms with Crippen molar-refractivity contribution in [1.82, 2.24) is 9.80 Å². The summed E-state index contributed by atoms with van der Waals surface area (Å²) in [7, 11) is 1.95. The van der Waals surface area contributed by atoms with Gasteiger partial charge in [-0.1, -0.05) is 20.8 Å². The minimum atomic E-state index is 0.125. The van der Waals surface area contributed by atoms with Gasteiger partial charge in [0, 0.05) is 19.5 Å². The van der Waals surface area contributed by atoms with Crippen molar-refractivity contribution in [2.24, 2.45) is 11.8 Å². The Morgan fingerprint density at radius 2 is 1.94 bits per heavy atom. The molecule has 0 aromatic rings. The van der Waals surface area contributed by atoms with Gasteiger partial charge in [-0.15, -0.1) is 0 Å². The fourth-order valence-electron chi connectivity index (χ4n) is 2.63. The SMILES string of the molecule is CCCN1CCC(CN(C)C(=O)C(C)C)CC1. The van der Waals surface area contributed by atoms with E-state index >= 15 is 0 Å². The average Bonchev–Trinajstić information content (AvgIpc) is 2.30. The molecule has 1 fully saturated rings. The van der Waals surface area contributed by atoms with E-state index in [2.05, 4.69) is 11.8 Å². The first-order chi connectivity index (χ1) is 8.04. The molecule has 0 spiro atoms. The molecule has 0 atom stereocenters. The van der Waals surface area contributed by atoms with E-state index in [-0.39, 0.29) is 11.8 Å². The van der Waals surface area contributed by atoms with Gasteiger partial charge in [0.2, 0.25) is 5.91 Å². The van der Waals surface area contributed by atoms with Crippen molar-refractivity contribution >= 4 is 5.91 Å². The smallest absolute Gasteiger partial charge is 0.224 e. The lowest BCUT2D eigenvalue weighted by atomic mass is 9.96. The Morgan fingerprint density at radius 3 is 2.41 bits per heavy atom. The molecule has 0 unspecified atom stereocenters. The van der Waals surface area contributed by atoms with Gasteiger partial charge in [0.15, 0.2) is 0 Å². The molecular weight excluding hydrogens is 212 g/mol. The molecule has 1 aliphatic heterocycles. The van der Waals surface area contributed by atoms with Gasteiger partial charge < -0.3 is 9.80 Å². The van der Waals surface area contributed by atoms with Crippen molar-refractivity contribution in [2.75, 3.05) is 33.2 Å². The molecule has 0 aliphatic carbocycles. The Labute approximate surface area is 106 Å². The molecule has 1 heterocycles. The predicted molar refractivity (Wildman–Crippen MR) is 71.9 cm³/mol. The van der Waals surface area contributed by atoms with Crippen LogP contribution in [0.15, 0.2) is 0 Å². The van der Waals surface area contributed by atoms with Crippen LogP contribution in [0, 0.1) is 11.8 Å². The Morgan fingerprint density at radius 1 is 1.35 bits per heavy atom. The highest BCUT2D eigenvalue weighted by atomic mass is 16.2. The van der Waals surface area contributed by atoms with Crippen LogP contribution in [0.3, 0.4) is 0 Å². The van der Waals surface area contributed by atoms with Gasteiger partial charge in [0.25, 0.3) is 0 Å². The monoisotopic (exact) mass is 240 g/mol. The molecule has 3 nitrogen and oxygen atoms in total. The van der Waals surface area contributed by atoms with E-state index in [1.54, 1.807) is 0 Å². The third-order valence-electron chi connectivity index (χ3n) is 3.65. The highest BCUT2D eigenvalue weighted by Crippen LogP contribution is 2.18. The van der Waals surface area contributed by atoms with Gasteiger partial charge in [-0.2, -0.15) is 0 Å². The second kappa shape index (κ2) is 7.00. The molecule has 1 aliphatic rings. The van der Waals surface area contributed by atoms with Gasteiger partial charge in [-0.25, -0.2) is 0 Å². The zero-order valence-electron chi connectivity index (χ0n) is 11.9. The summed E-state index contributed by atoms with van der Waals surface area (Å²) in [5.74, 6) is 1.11. The third kappa shape index (κ3) is 4.66. The van der Waals surface area contributed by atoms with E-state index in [4.69, 9.17) is 0 Å². The number of hydrogen-bond donors (Lipinski definition) is 0. The van der Waals surface area contributed by atoms with E-state index in [0.29, 0.717) is 5.92 Å². The van der Waals surface area contributed by atoms with Crippen molar-refractivity contribution in [3.05, 3.63) is 0 Å². The van der Waals surface area contributed by atoms with Gasteiger partial charge in [0.05, 0.1) is 0 Å². The second-order valence-electron chi connectivity index (χ2n) is 5.66. The van der Waals surface area contributed by atoms with E-state index in [9.17, 15) is 4.79 Å². The summed E-state index contributed by atoms with van der Waals surface area (Å²) in [5.41, 5.74) is 0. The number of amides is 1. The fourth-order valence-corrected chi connectivity index (χ4v) is 2.63. The Bertz CT molecular complexity index is 232. The van der Waals surface area contributed by atoms with Crippen molar-refractivity contribution in [2.45, 2.75) is 40.0 Å². The molecular formula is C14H28N2O. The first kappa shape index (κ1) is 14.5. The molecule has 100 valence electrons. The van der Waals surface area contributed by atoms with Crippen LogP contribution in [0.2, 0.25) is 0 Å². The summed E-state index contributed by atoms with van der Waals surface area (Å²) >= 11 is 0. The Hall–Kier alpha value is -0.570. The summed E-state index contributed by atoms with van der Waals surface area (Å²) in [4.78, 5) is 16.3. The highest BCUT2D eigenvalue weighted by molar-refractivity contribution is 5.77. The van der Waals surface area contributed by atoms with Crippen LogP contribution in [0.5, 0.6) is 0 Å². The molecule has 0 radical (unpaired) electrons. The summed E-state index contributed by atoms with van der Waals surface area (Å²) < 4.78 is 0. The van der Waals surface area contributed by atoms with E-state index < -0.39 is 0 Å². The molecule has 17 heavy (non-hydrogen) atoms. The van der Waals surface area contributed by atoms with Crippen LogP contribution < -0.4 is 0 Å². The second-order valence-corrected chi connectivity index (χ2v) is 5.66. The highest BCUT2D eigenvalue weighted by Gasteiger charge is 2.22. The van der Waals surface area contributed by atoms with Crippen LogP contribution in [-0.4, -0.2) is 48.9 Å². The fraction of sp³-hybridized carbons (Fsp3) is 0.929. The van der Waals surface area contributed by atoms with Crippen LogP contribution >= 0.6 is 0 Å². The number of hydrogen-bond acceptors (Lipinski definition) is 2. The van der Waals surface area contributed by atoms with Gasteiger partial charge in [0.1, 0.15) is 0 Å². The molecule has 1 rings (SSSR count). The molecule has 0 aromatic carbocycles. The number of rotatable bonds is 5. The molecule has 1 amide bonds. The van der Waals surface area contributed by atoms with Crippen LogP contribution in [0.25, 0.3) is 0 Å². The lowest BCUT2D eigenvalue weighted by molar-refractivity contribution is -0.133. The average molecular weight is 240 g/mol. The van der Waals surface area contributed by atoms with Gasteiger partial charge >= 0.3 is 0 Å². The number of piperidine rings is 1. The zero-order chi connectivity index (χ0) is 12.8. The predicted octanol–water partition coefficient (Wildman–Crippen LogP) is 2.22. The zero-order valence-corrected chi connectivity index (χ0v) is 11.9. The minimum absolute atomic E-state index is 0.125. The molecule has 0 bridgehead atoms. The van der Waals surface area contributed by atoms with Gasteiger partial charge in [-0.3, -0.25) is 4.79 Å². The van der Waals surface area contributed by atoms with Crippen molar-refractivity contribution < 1.29 is 4.79 Å². The normalized spacial score (nSPS) is 18.6. The van der Waals surface area contributed by atoms with Crippen molar-refractivity contribution in [1.29, 1.82) is 0 Å². The molecule has 3 heteroatoms. The standard InChI is InChI=1S/C14H28N2O/c1-5-8-16-9-6-13(7-10-16)11-15(4)14(17)12(2)3/h12-13H,5-11H2,1-4H3. The Balaban J connectivity index is 2.28. The minimum Gasteiger partial charge on any atom is -0.345 e. The van der Waals surface area contributed by atoms with Crippen molar-refractivity contribution in [3.8, 4) is 0 Å². The molecule has 1 saturated heterocycles. The maximum atomic E-state index is 11.8. The molecule has 0 N–H and O–H groups in total. The van der Waals surface area contributed by atoms with Crippen LogP contribution in [-0.2, 0) is 4.79 Å². The first-order valence-electron chi connectivity index (χ1n) is 7.02. The number of carbonyl (C=O) groups excluding carboxylic acids is 1. The summed E-state index contributed by atoms with van der Waals surface area (Å²) in [6, 6.07) is 0. The topological polar surface area (TPSA) is 23.6 Å². The Kier molecular flexibility index (Phi) is 5.96.